The summed E-state index contributed by atoms with van der Waals surface area (Å²) in [6.07, 6.45) is 0. The number of halogens is 1. The molecule has 4 heteroatoms. The summed E-state index contributed by atoms with van der Waals surface area (Å²) >= 11 is 7.29. The number of rotatable bonds is 2. The summed E-state index contributed by atoms with van der Waals surface area (Å²) in [7, 11) is 0. The highest BCUT2D eigenvalue weighted by atomic mass is 35.5. The molecule has 0 saturated heterocycles. The Labute approximate surface area is 103 Å². The van der Waals surface area contributed by atoms with Gasteiger partial charge in [-0.15, -0.1) is 11.3 Å². The van der Waals surface area contributed by atoms with Crippen molar-refractivity contribution < 1.29 is 4.79 Å². The SMILES string of the molecule is Cc1ccc(Cl)cc1NC(=O)c1cccs1. The standard InChI is InChI=1S/C12H10ClNOS/c1-8-4-5-9(13)7-10(8)14-12(15)11-3-2-6-16-11/h2-7H,1H3,(H,14,15). The van der Waals surface area contributed by atoms with Crippen molar-refractivity contribution >= 4 is 34.5 Å². The molecule has 16 heavy (non-hydrogen) atoms. The van der Waals surface area contributed by atoms with Crippen LogP contribution in [0.25, 0.3) is 0 Å². The van der Waals surface area contributed by atoms with Crippen molar-refractivity contribution in [3.8, 4) is 0 Å². The number of aryl methyl sites for hydroxylation is 1. The molecule has 2 rings (SSSR count). The van der Waals surface area contributed by atoms with Gasteiger partial charge in [-0.1, -0.05) is 23.7 Å². The first kappa shape index (κ1) is 11.2. The van der Waals surface area contributed by atoms with Crippen LogP contribution in [0.5, 0.6) is 0 Å². The lowest BCUT2D eigenvalue weighted by Gasteiger charge is -2.07. The van der Waals surface area contributed by atoms with E-state index in [4.69, 9.17) is 11.6 Å². The minimum absolute atomic E-state index is 0.0969. The first-order valence-corrected chi connectivity index (χ1v) is 6.03. The van der Waals surface area contributed by atoms with Crippen LogP contribution in [-0.2, 0) is 0 Å². The van der Waals surface area contributed by atoms with Crippen molar-refractivity contribution in [2.45, 2.75) is 6.92 Å². The maximum atomic E-state index is 11.8. The van der Waals surface area contributed by atoms with E-state index in [1.54, 1.807) is 18.2 Å². The molecule has 0 aliphatic rings. The van der Waals surface area contributed by atoms with Crippen LogP contribution < -0.4 is 5.32 Å². The third-order valence-corrected chi connectivity index (χ3v) is 3.30. The van der Waals surface area contributed by atoms with Crippen molar-refractivity contribution in [3.05, 3.63) is 51.2 Å². The second kappa shape index (κ2) is 4.68. The van der Waals surface area contributed by atoms with Gasteiger partial charge in [0.1, 0.15) is 0 Å². The van der Waals surface area contributed by atoms with Crippen molar-refractivity contribution in [2.24, 2.45) is 0 Å². The minimum atomic E-state index is -0.0969. The lowest BCUT2D eigenvalue weighted by atomic mass is 10.2. The van der Waals surface area contributed by atoms with Gasteiger partial charge in [0, 0.05) is 10.7 Å². The molecule has 2 nitrogen and oxygen atoms in total. The van der Waals surface area contributed by atoms with Gasteiger partial charge in [-0.05, 0) is 36.1 Å². The molecule has 1 amide bonds. The average molecular weight is 252 g/mol. The molecule has 1 aromatic carbocycles. The van der Waals surface area contributed by atoms with E-state index in [0.29, 0.717) is 9.90 Å². The van der Waals surface area contributed by atoms with Crippen molar-refractivity contribution in [1.82, 2.24) is 0 Å². The number of hydrogen-bond donors (Lipinski definition) is 1. The van der Waals surface area contributed by atoms with Gasteiger partial charge in [-0.2, -0.15) is 0 Å². The van der Waals surface area contributed by atoms with Crippen molar-refractivity contribution in [3.63, 3.8) is 0 Å². The minimum Gasteiger partial charge on any atom is -0.321 e. The molecule has 0 spiro atoms. The highest BCUT2D eigenvalue weighted by Crippen LogP contribution is 2.21. The molecule has 0 aliphatic carbocycles. The number of thiophene rings is 1. The maximum absolute atomic E-state index is 11.8. The first-order valence-electron chi connectivity index (χ1n) is 4.78. The highest BCUT2D eigenvalue weighted by Gasteiger charge is 2.08. The summed E-state index contributed by atoms with van der Waals surface area (Å²) in [6.45, 7) is 1.93. The normalized spacial score (nSPS) is 10.1. The molecule has 1 N–H and O–H groups in total. The number of carbonyl (C=O) groups excluding carboxylic acids is 1. The fraction of sp³-hybridized carbons (Fsp3) is 0.0833. The molecule has 0 saturated carbocycles. The number of hydrogen-bond acceptors (Lipinski definition) is 2. The molecule has 0 radical (unpaired) electrons. The lowest BCUT2D eigenvalue weighted by Crippen LogP contribution is -2.10. The van der Waals surface area contributed by atoms with E-state index in [1.165, 1.54) is 11.3 Å². The third-order valence-electron chi connectivity index (χ3n) is 2.19. The second-order valence-corrected chi connectivity index (χ2v) is 4.77. The zero-order valence-corrected chi connectivity index (χ0v) is 10.2. The van der Waals surface area contributed by atoms with E-state index in [9.17, 15) is 4.79 Å². The predicted octanol–water partition coefficient (Wildman–Crippen LogP) is 3.96. The molecule has 0 aliphatic heterocycles. The highest BCUT2D eigenvalue weighted by molar-refractivity contribution is 7.12. The molecule has 82 valence electrons. The second-order valence-electron chi connectivity index (χ2n) is 3.39. The molecule has 0 bridgehead atoms. The van der Waals surface area contributed by atoms with Crippen molar-refractivity contribution in [1.29, 1.82) is 0 Å². The van der Waals surface area contributed by atoms with Gasteiger partial charge in [-0.25, -0.2) is 0 Å². The quantitative estimate of drug-likeness (QED) is 0.860. The van der Waals surface area contributed by atoms with Gasteiger partial charge in [0.25, 0.3) is 5.91 Å². The van der Waals surface area contributed by atoms with E-state index in [1.807, 2.05) is 24.4 Å². The molecule has 0 atom stereocenters. The summed E-state index contributed by atoms with van der Waals surface area (Å²) in [5, 5.41) is 5.33. The van der Waals surface area contributed by atoms with Crippen LogP contribution >= 0.6 is 22.9 Å². The number of amides is 1. The Morgan fingerprint density at radius 1 is 1.38 bits per heavy atom. The monoisotopic (exact) mass is 251 g/mol. The van der Waals surface area contributed by atoms with E-state index in [0.717, 1.165) is 11.3 Å². The van der Waals surface area contributed by atoms with Crippen LogP contribution in [0.3, 0.4) is 0 Å². The molecule has 1 heterocycles. The third kappa shape index (κ3) is 2.43. The van der Waals surface area contributed by atoms with E-state index >= 15 is 0 Å². The molecular formula is C12H10ClNOS. The lowest BCUT2D eigenvalue weighted by molar-refractivity contribution is 0.103. The van der Waals surface area contributed by atoms with Crippen LogP contribution in [0, 0.1) is 6.92 Å². The Morgan fingerprint density at radius 3 is 2.88 bits per heavy atom. The number of anilines is 1. The van der Waals surface area contributed by atoms with E-state index in [-0.39, 0.29) is 5.91 Å². The molecule has 0 unspecified atom stereocenters. The fourth-order valence-corrected chi connectivity index (χ4v) is 2.11. The van der Waals surface area contributed by atoms with Gasteiger partial charge in [0.2, 0.25) is 0 Å². The molecule has 0 fully saturated rings. The zero-order chi connectivity index (χ0) is 11.5. The topological polar surface area (TPSA) is 29.1 Å². The number of benzene rings is 1. The first-order chi connectivity index (χ1) is 7.66. The van der Waals surface area contributed by atoms with Crippen LogP contribution in [0.1, 0.15) is 15.2 Å². The van der Waals surface area contributed by atoms with Crippen LogP contribution in [-0.4, -0.2) is 5.91 Å². The van der Waals surface area contributed by atoms with Gasteiger partial charge in [0.05, 0.1) is 4.88 Å². The maximum Gasteiger partial charge on any atom is 0.265 e. The van der Waals surface area contributed by atoms with Gasteiger partial charge in [-0.3, -0.25) is 4.79 Å². The summed E-state index contributed by atoms with van der Waals surface area (Å²) in [5.74, 6) is -0.0969. The summed E-state index contributed by atoms with van der Waals surface area (Å²) in [5.41, 5.74) is 1.75. The molecule has 1 aromatic heterocycles. The van der Waals surface area contributed by atoms with Crippen LogP contribution in [0.2, 0.25) is 5.02 Å². The summed E-state index contributed by atoms with van der Waals surface area (Å²) in [6, 6.07) is 9.08. The predicted molar refractivity (Wildman–Crippen MR) is 68.5 cm³/mol. The summed E-state index contributed by atoms with van der Waals surface area (Å²) < 4.78 is 0. The molecule has 2 aromatic rings. The average Bonchev–Trinajstić information content (AvgIpc) is 2.76. The van der Waals surface area contributed by atoms with E-state index < -0.39 is 0 Å². The van der Waals surface area contributed by atoms with E-state index in [2.05, 4.69) is 5.32 Å². The Balaban J connectivity index is 2.21. The van der Waals surface area contributed by atoms with Gasteiger partial charge in [0.15, 0.2) is 0 Å². The molecular weight excluding hydrogens is 242 g/mol. The largest absolute Gasteiger partial charge is 0.321 e. The van der Waals surface area contributed by atoms with Crippen molar-refractivity contribution in [2.75, 3.05) is 5.32 Å². The number of nitrogens with one attached hydrogen (secondary N) is 1. The number of carbonyl (C=O) groups is 1. The Kier molecular flexibility index (Phi) is 3.27. The Bertz CT molecular complexity index is 508. The van der Waals surface area contributed by atoms with Gasteiger partial charge >= 0.3 is 0 Å². The zero-order valence-electron chi connectivity index (χ0n) is 8.66. The Morgan fingerprint density at radius 2 is 2.19 bits per heavy atom. The summed E-state index contributed by atoms with van der Waals surface area (Å²) in [4.78, 5) is 12.5. The smallest absolute Gasteiger partial charge is 0.265 e. The van der Waals surface area contributed by atoms with Crippen LogP contribution in [0.15, 0.2) is 35.7 Å². The fourth-order valence-electron chi connectivity index (χ4n) is 1.32. The van der Waals surface area contributed by atoms with Gasteiger partial charge < -0.3 is 5.32 Å². The Hall–Kier alpha value is -1.32. The van der Waals surface area contributed by atoms with Crippen LogP contribution in [0.4, 0.5) is 5.69 Å².